The molecular formula is C23H30N2O5. The second kappa shape index (κ2) is 12.6. The first-order chi connectivity index (χ1) is 14.5. The predicted octanol–water partition coefficient (Wildman–Crippen LogP) is 2.74. The van der Waals surface area contributed by atoms with Crippen molar-refractivity contribution in [2.45, 2.75) is 19.9 Å². The average molecular weight is 415 g/mol. The Hall–Kier alpha value is -2.90. The smallest absolute Gasteiger partial charge is 0.414 e. The van der Waals surface area contributed by atoms with Gasteiger partial charge in [-0.25, -0.2) is 9.59 Å². The summed E-state index contributed by atoms with van der Waals surface area (Å²) < 4.78 is 5.89. The number of aliphatic carboxylic acids is 2. The van der Waals surface area contributed by atoms with E-state index in [1.807, 2.05) is 6.07 Å². The molecule has 1 aliphatic heterocycles. The van der Waals surface area contributed by atoms with Crippen molar-refractivity contribution in [3.63, 3.8) is 0 Å². The van der Waals surface area contributed by atoms with Crippen LogP contribution in [0.15, 0.2) is 54.6 Å². The van der Waals surface area contributed by atoms with Crippen molar-refractivity contribution in [3.05, 3.63) is 65.7 Å². The van der Waals surface area contributed by atoms with E-state index in [0.29, 0.717) is 0 Å². The van der Waals surface area contributed by atoms with Crippen molar-refractivity contribution < 1.29 is 24.5 Å². The fourth-order valence-corrected chi connectivity index (χ4v) is 3.20. The molecule has 0 amide bonds. The van der Waals surface area contributed by atoms with Gasteiger partial charge in [0.05, 0.1) is 6.61 Å². The Bertz CT molecular complexity index is 777. The monoisotopic (exact) mass is 414 g/mol. The largest absolute Gasteiger partial charge is 0.493 e. The number of hydrogen-bond donors (Lipinski definition) is 2. The molecule has 3 rings (SSSR count). The van der Waals surface area contributed by atoms with Crippen LogP contribution in [0.2, 0.25) is 0 Å². The summed E-state index contributed by atoms with van der Waals surface area (Å²) in [6.07, 6.45) is 1.09. The summed E-state index contributed by atoms with van der Waals surface area (Å²) in [5.41, 5.74) is 2.63. The normalized spacial score (nSPS) is 14.4. The van der Waals surface area contributed by atoms with Crippen molar-refractivity contribution in [1.29, 1.82) is 0 Å². The van der Waals surface area contributed by atoms with Gasteiger partial charge in [0.1, 0.15) is 5.75 Å². The molecule has 2 aromatic carbocycles. The first-order valence-electron chi connectivity index (χ1n) is 10.1. The van der Waals surface area contributed by atoms with Gasteiger partial charge >= 0.3 is 11.9 Å². The SMILES string of the molecule is Cc1ccccc1OCCCN1CCN(Cc2ccccc2)CC1.O=C(O)C(=O)O. The third kappa shape index (κ3) is 8.63. The van der Waals surface area contributed by atoms with Crippen molar-refractivity contribution in [3.8, 4) is 5.75 Å². The van der Waals surface area contributed by atoms with Crippen LogP contribution in [0.3, 0.4) is 0 Å². The zero-order valence-corrected chi connectivity index (χ0v) is 17.4. The molecule has 0 radical (unpaired) electrons. The van der Waals surface area contributed by atoms with Crippen LogP contribution in [0.5, 0.6) is 5.75 Å². The van der Waals surface area contributed by atoms with Crippen LogP contribution >= 0.6 is 0 Å². The van der Waals surface area contributed by atoms with Crippen LogP contribution in [0.25, 0.3) is 0 Å². The molecule has 7 heteroatoms. The van der Waals surface area contributed by atoms with E-state index >= 15 is 0 Å². The minimum atomic E-state index is -1.82. The van der Waals surface area contributed by atoms with Gasteiger partial charge in [0.25, 0.3) is 0 Å². The molecule has 0 aliphatic carbocycles. The van der Waals surface area contributed by atoms with E-state index in [1.54, 1.807) is 0 Å². The lowest BCUT2D eigenvalue weighted by Gasteiger charge is -2.34. The first kappa shape index (κ1) is 23.4. The van der Waals surface area contributed by atoms with Crippen LogP contribution in [0, 0.1) is 6.92 Å². The van der Waals surface area contributed by atoms with Gasteiger partial charge in [-0.2, -0.15) is 0 Å². The summed E-state index contributed by atoms with van der Waals surface area (Å²) in [7, 11) is 0. The standard InChI is InChI=1S/C21H28N2O.C2H2O4/c1-19-8-5-6-11-21(19)24-17-7-12-22-13-15-23(16-14-22)18-20-9-3-2-4-10-20;3-1(4)2(5)6/h2-6,8-11H,7,12-18H2,1H3;(H,3,4)(H,5,6). The van der Waals surface area contributed by atoms with E-state index in [1.165, 1.54) is 11.1 Å². The van der Waals surface area contributed by atoms with Crippen LogP contribution in [0.4, 0.5) is 0 Å². The zero-order valence-electron chi connectivity index (χ0n) is 17.4. The van der Waals surface area contributed by atoms with Gasteiger partial charge in [-0.3, -0.25) is 4.90 Å². The van der Waals surface area contributed by atoms with Gasteiger partial charge in [-0.05, 0) is 30.5 Å². The van der Waals surface area contributed by atoms with Gasteiger partial charge in [-0.15, -0.1) is 0 Å². The van der Waals surface area contributed by atoms with Crippen LogP contribution in [-0.2, 0) is 16.1 Å². The maximum Gasteiger partial charge on any atom is 0.414 e. The lowest BCUT2D eigenvalue weighted by Crippen LogP contribution is -2.46. The van der Waals surface area contributed by atoms with E-state index in [2.05, 4.69) is 65.3 Å². The van der Waals surface area contributed by atoms with Crippen LogP contribution in [-0.4, -0.2) is 71.3 Å². The number of carboxylic acid groups (broad SMARTS) is 2. The molecule has 0 spiro atoms. The van der Waals surface area contributed by atoms with E-state index in [0.717, 1.165) is 58.0 Å². The lowest BCUT2D eigenvalue weighted by atomic mass is 10.2. The Morgan fingerprint density at radius 3 is 2.03 bits per heavy atom. The molecule has 0 saturated carbocycles. The summed E-state index contributed by atoms with van der Waals surface area (Å²) in [5, 5.41) is 14.8. The molecule has 0 bridgehead atoms. The quantitative estimate of drug-likeness (QED) is 0.532. The number of piperazine rings is 1. The average Bonchev–Trinajstić information content (AvgIpc) is 2.75. The highest BCUT2D eigenvalue weighted by molar-refractivity contribution is 6.27. The van der Waals surface area contributed by atoms with Gasteiger partial charge < -0.3 is 19.8 Å². The third-order valence-corrected chi connectivity index (χ3v) is 4.87. The van der Waals surface area contributed by atoms with Gasteiger partial charge in [-0.1, -0.05) is 48.5 Å². The molecule has 2 aromatic rings. The first-order valence-corrected chi connectivity index (χ1v) is 10.1. The molecule has 0 atom stereocenters. The summed E-state index contributed by atoms with van der Waals surface area (Å²) in [6.45, 7) is 9.75. The van der Waals surface area contributed by atoms with E-state index < -0.39 is 11.9 Å². The predicted molar refractivity (Wildman–Crippen MR) is 115 cm³/mol. The number of ether oxygens (including phenoxy) is 1. The molecule has 1 aliphatic rings. The maximum absolute atomic E-state index is 9.10. The maximum atomic E-state index is 9.10. The molecule has 1 saturated heterocycles. The highest BCUT2D eigenvalue weighted by atomic mass is 16.5. The fourth-order valence-electron chi connectivity index (χ4n) is 3.20. The molecule has 7 nitrogen and oxygen atoms in total. The van der Waals surface area contributed by atoms with Gasteiger partial charge in [0, 0.05) is 39.3 Å². The zero-order chi connectivity index (χ0) is 21.8. The topological polar surface area (TPSA) is 90.3 Å². The van der Waals surface area contributed by atoms with Crippen molar-refractivity contribution in [2.24, 2.45) is 0 Å². The van der Waals surface area contributed by atoms with Crippen LogP contribution in [0.1, 0.15) is 17.5 Å². The van der Waals surface area contributed by atoms with Crippen molar-refractivity contribution >= 4 is 11.9 Å². The number of hydrogen-bond acceptors (Lipinski definition) is 5. The van der Waals surface area contributed by atoms with Crippen molar-refractivity contribution in [1.82, 2.24) is 9.80 Å². The molecule has 162 valence electrons. The second-order valence-electron chi connectivity index (χ2n) is 7.18. The number of carboxylic acids is 2. The Labute approximate surface area is 177 Å². The Morgan fingerprint density at radius 1 is 0.867 bits per heavy atom. The molecule has 1 heterocycles. The summed E-state index contributed by atoms with van der Waals surface area (Å²) in [6, 6.07) is 19.0. The Balaban J connectivity index is 0.000000469. The lowest BCUT2D eigenvalue weighted by molar-refractivity contribution is -0.159. The molecular weight excluding hydrogens is 384 g/mol. The van der Waals surface area contributed by atoms with E-state index in [4.69, 9.17) is 24.5 Å². The number of nitrogens with zero attached hydrogens (tertiary/aromatic N) is 2. The van der Waals surface area contributed by atoms with Gasteiger partial charge in [0.2, 0.25) is 0 Å². The Kier molecular flexibility index (Phi) is 9.83. The van der Waals surface area contributed by atoms with Crippen molar-refractivity contribution in [2.75, 3.05) is 39.3 Å². The number of benzene rings is 2. The van der Waals surface area contributed by atoms with Crippen LogP contribution < -0.4 is 4.74 Å². The highest BCUT2D eigenvalue weighted by Crippen LogP contribution is 2.16. The van der Waals surface area contributed by atoms with E-state index in [9.17, 15) is 0 Å². The minimum absolute atomic E-state index is 0.801. The van der Waals surface area contributed by atoms with Gasteiger partial charge in [0.15, 0.2) is 0 Å². The van der Waals surface area contributed by atoms with E-state index in [-0.39, 0.29) is 0 Å². The summed E-state index contributed by atoms with van der Waals surface area (Å²) in [5.74, 6) is -2.63. The summed E-state index contributed by atoms with van der Waals surface area (Å²) in [4.78, 5) is 23.3. The summed E-state index contributed by atoms with van der Waals surface area (Å²) >= 11 is 0. The Morgan fingerprint density at radius 2 is 1.43 bits per heavy atom. The minimum Gasteiger partial charge on any atom is -0.493 e. The molecule has 0 unspecified atom stereocenters. The fraction of sp³-hybridized carbons (Fsp3) is 0.391. The molecule has 30 heavy (non-hydrogen) atoms. The number of rotatable bonds is 7. The molecule has 0 aromatic heterocycles. The molecule has 2 N–H and O–H groups in total. The third-order valence-electron chi connectivity index (χ3n) is 4.87. The second-order valence-corrected chi connectivity index (χ2v) is 7.18. The molecule has 1 fully saturated rings. The highest BCUT2D eigenvalue weighted by Gasteiger charge is 2.16. The number of carbonyl (C=O) groups is 2. The number of para-hydroxylation sites is 1. The number of aryl methyl sites for hydroxylation is 1.